The number of aliphatic hydroxyl groups excluding tert-OH is 1. The van der Waals surface area contributed by atoms with Crippen LogP contribution in [0.1, 0.15) is 42.5 Å². The van der Waals surface area contributed by atoms with E-state index in [0.717, 1.165) is 0 Å². The average Bonchev–Trinajstić information content (AvgIpc) is 2.88. The summed E-state index contributed by atoms with van der Waals surface area (Å²) in [6.07, 6.45) is -0.293. The van der Waals surface area contributed by atoms with Gasteiger partial charge in [0, 0.05) is 23.7 Å². The van der Waals surface area contributed by atoms with E-state index in [1.807, 2.05) is 0 Å². The molecule has 0 spiro atoms. The lowest BCUT2D eigenvalue weighted by Gasteiger charge is -2.48. The van der Waals surface area contributed by atoms with Gasteiger partial charge in [0.05, 0.1) is 31.3 Å². The standard InChI is InChI=1S/C27H27F2NO8S/c28-18-4-2-17(3-5-18)24(31)13-12-23-26(30(27(23)33)20-8-6-19(29)7-9-20)22-11-10-21(16-25(22)32)37-14-1-15-38-39(34,35)36/h2-11,16,23-24,26,31-32H,1,12-15H2,(H,34,35,36)/t23-,24+,26-/m1/s1. The number of hydrogen-bond donors (Lipinski definition) is 3. The molecule has 1 saturated heterocycles. The molecule has 4 rings (SSSR count). The first-order valence-electron chi connectivity index (χ1n) is 12.1. The van der Waals surface area contributed by atoms with E-state index < -0.39 is 40.1 Å². The number of carbonyl (C=O) groups is 1. The van der Waals surface area contributed by atoms with E-state index in [4.69, 9.17) is 9.29 Å². The van der Waals surface area contributed by atoms with Crippen LogP contribution in [0.5, 0.6) is 11.5 Å². The van der Waals surface area contributed by atoms with Gasteiger partial charge < -0.3 is 19.8 Å². The van der Waals surface area contributed by atoms with Crippen LogP contribution >= 0.6 is 0 Å². The first-order valence-corrected chi connectivity index (χ1v) is 13.5. The topological polar surface area (TPSA) is 134 Å². The number of ether oxygens (including phenoxy) is 1. The third-order valence-electron chi connectivity index (χ3n) is 6.43. The SMILES string of the molecule is O=C1[C@H](CC[C@H](O)c2ccc(F)cc2)[C@@H](c2ccc(OCCCOS(=O)(=O)O)cc2O)N1c1ccc(F)cc1. The van der Waals surface area contributed by atoms with Gasteiger partial charge >= 0.3 is 10.4 Å². The molecular formula is C27H27F2NO8S. The second kappa shape index (κ2) is 12.1. The van der Waals surface area contributed by atoms with Crippen LogP contribution in [0.25, 0.3) is 0 Å². The van der Waals surface area contributed by atoms with E-state index in [1.165, 1.54) is 59.5 Å². The van der Waals surface area contributed by atoms with Crippen molar-refractivity contribution in [3.05, 3.63) is 89.5 Å². The van der Waals surface area contributed by atoms with Crippen LogP contribution in [-0.2, 0) is 19.4 Å². The van der Waals surface area contributed by atoms with Gasteiger partial charge in [0.25, 0.3) is 0 Å². The largest absolute Gasteiger partial charge is 0.507 e. The predicted molar refractivity (Wildman–Crippen MR) is 136 cm³/mol. The lowest BCUT2D eigenvalue weighted by atomic mass is 9.78. The summed E-state index contributed by atoms with van der Waals surface area (Å²) in [5, 5.41) is 21.4. The number of rotatable bonds is 12. The Morgan fingerprint density at radius 2 is 1.59 bits per heavy atom. The third-order valence-corrected chi connectivity index (χ3v) is 6.90. The summed E-state index contributed by atoms with van der Waals surface area (Å²) < 4.78 is 66.2. The van der Waals surface area contributed by atoms with Crippen molar-refractivity contribution < 1.29 is 45.7 Å². The van der Waals surface area contributed by atoms with Gasteiger partial charge in [-0.25, -0.2) is 13.0 Å². The van der Waals surface area contributed by atoms with Crippen LogP contribution < -0.4 is 9.64 Å². The van der Waals surface area contributed by atoms with Gasteiger partial charge in [-0.05, 0) is 66.9 Å². The Kier molecular flexibility index (Phi) is 8.80. The first kappa shape index (κ1) is 28.4. The quantitative estimate of drug-likeness (QED) is 0.167. The highest BCUT2D eigenvalue weighted by Gasteiger charge is 2.49. The molecule has 9 nitrogen and oxygen atoms in total. The molecule has 3 N–H and O–H groups in total. The van der Waals surface area contributed by atoms with Crippen LogP contribution in [0.15, 0.2) is 66.7 Å². The van der Waals surface area contributed by atoms with Crippen LogP contribution in [0.3, 0.4) is 0 Å². The van der Waals surface area contributed by atoms with Gasteiger partial charge in [-0.15, -0.1) is 0 Å². The summed E-state index contributed by atoms with van der Waals surface area (Å²) in [6, 6.07) is 14.8. The van der Waals surface area contributed by atoms with E-state index in [9.17, 15) is 32.2 Å². The molecule has 0 radical (unpaired) electrons. The highest BCUT2D eigenvalue weighted by atomic mass is 32.3. The van der Waals surface area contributed by atoms with Crippen molar-refractivity contribution in [1.82, 2.24) is 0 Å². The fraction of sp³-hybridized carbons (Fsp3) is 0.296. The molecule has 0 bridgehead atoms. The van der Waals surface area contributed by atoms with E-state index >= 15 is 0 Å². The maximum atomic E-state index is 13.5. The molecule has 0 aromatic heterocycles. The van der Waals surface area contributed by atoms with E-state index in [1.54, 1.807) is 12.1 Å². The Labute approximate surface area is 224 Å². The van der Waals surface area contributed by atoms with Crippen molar-refractivity contribution in [1.29, 1.82) is 0 Å². The van der Waals surface area contributed by atoms with Crippen LogP contribution in [0.2, 0.25) is 0 Å². The lowest BCUT2D eigenvalue weighted by Crippen LogP contribution is -2.55. The van der Waals surface area contributed by atoms with Crippen LogP contribution in [-0.4, -0.2) is 42.3 Å². The molecule has 208 valence electrons. The Balaban J connectivity index is 1.49. The molecule has 12 heteroatoms. The number of phenols is 1. The number of amides is 1. The smallest absolute Gasteiger partial charge is 0.397 e. The van der Waals surface area contributed by atoms with Crippen molar-refractivity contribution in [3.8, 4) is 11.5 Å². The van der Waals surface area contributed by atoms with Crippen molar-refractivity contribution in [2.45, 2.75) is 31.4 Å². The van der Waals surface area contributed by atoms with Crippen molar-refractivity contribution in [3.63, 3.8) is 0 Å². The van der Waals surface area contributed by atoms with Gasteiger partial charge in [0.1, 0.15) is 23.1 Å². The number of carbonyl (C=O) groups excluding carboxylic acids is 1. The second-order valence-corrected chi connectivity index (χ2v) is 10.1. The fourth-order valence-electron chi connectivity index (χ4n) is 4.54. The molecule has 39 heavy (non-hydrogen) atoms. The van der Waals surface area contributed by atoms with Crippen molar-refractivity contribution in [2.24, 2.45) is 5.92 Å². The molecule has 1 fully saturated rings. The van der Waals surface area contributed by atoms with Crippen LogP contribution in [0, 0.1) is 17.6 Å². The highest BCUT2D eigenvalue weighted by molar-refractivity contribution is 7.80. The number of aromatic hydroxyl groups is 1. The minimum atomic E-state index is -4.54. The molecule has 3 aromatic carbocycles. The molecule has 3 atom stereocenters. The number of aliphatic hydroxyl groups is 1. The molecule has 1 aliphatic rings. The zero-order valence-electron chi connectivity index (χ0n) is 20.6. The summed E-state index contributed by atoms with van der Waals surface area (Å²) in [4.78, 5) is 14.7. The third kappa shape index (κ3) is 7.09. The molecule has 1 amide bonds. The number of phenolic OH excluding ortho intramolecular Hbond substituents is 1. The second-order valence-electron chi connectivity index (χ2n) is 9.05. The average molecular weight is 564 g/mol. The van der Waals surface area contributed by atoms with E-state index in [2.05, 4.69) is 4.18 Å². The summed E-state index contributed by atoms with van der Waals surface area (Å²) in [5.74, 6) is -1.62. The van der Waals surface area contributed by atoms with Gasteiger partial charge in [0.2, 0.25) is 5.91 Å². The predicted octanol–water partition coefficient (Wildman–Crippen LogP) is 4.48. The number of β-lactam (4-membered cyclic amide) rings is 1. The van der Waals surface area contributed by atoms with Gasteiger partial charge in [-0.2, -0.15) is 8.42 Å². The Morgan fingerprint density at radius 1 is 0.949 bits per heavy atom. The Morgan fingerprint density at radius 3 is 2.21 bits per heavy atom. The Hall–Kier alpha value is -3.58. The lowest BCUT2D eigenvalue weighted by molar-refractivity contribution is -0.131. The normalized spacial score (nSPS) is 18.1. The Bertz CT molecular complexity index is 1400. The molecular weight excluding hydrogens is 536 g/mol. The molecule has 0 aliphatic carbocycles. The van der Waals surface area contributed by atoms with Gasteiger partial charge in [-0.1, -0.05) is 12.1 Å². The molecule has 0 unspecified atom stereocenters. The highest BCUT2D eigenvalue weighted by Crippen LogP contribution is 2.49. The zero-order valence-corrected chi connectivity index (χ0v) is 21.4. The number of halogens is 2. The molecule has 1 aliphatic heterocycles. The summed E-state index contributed by atoms with van der Waals surface area (Å²) in [5.41, 5.74) is 1.38. The maximum absolute atomic E-state index is 13.5. The summed E-state index contributed by atoms with van der Waals surface area (Å²) >= 11 is 0. The number of anilines is 1. The van der Waals surface area contributed by atoms with Crippen LogP contribution in [0.4, 0.5) is 14.5 Å². The minimum absolute atomic E-state index is 0.0435. The zero-order chi connectivity index (χ0) is 28.2. The molecule has 3 aromatic rings. The minimum Gasteiger partial charge on any atom is -0.507 e. The van der Waals surface area contributed by atoms with Crippen molar-refractivity contribution in [2.75, 3.05) is 18.1 Å². The molecule has 1 heterocycles. The molecule has 0 saturated carbocycles. The summed E-state index contributed by atoms with van der Waals surface area (Å²) in [7, 11) is -4.54. The fourth-order valence-corrected chi connectivity index (χ4v) is 4.87. The van der Waals surface area contributed by atoms with Gasteiger partial charge in [-0.3, -0.25) is 9.35 Å². The van der Waals surface area contributed by atoms with E-state index in [-0.39, 0.29) is 49.9 Å². The number of nitrogens with zero attached hydrogens (tertiary/aromatic N) is 1. The number of benzene rings is 3. The maximum Gasteiger partial charge on any atom is 0.397 e. The first-order chi connectivity index (χ1) is 18.5. The van der Waals surface area contributed by atoms with Crippen molar-refractivity contribution >= 4 is 22.0 Å². The monoisotopic (exact) mass is 563 g/mol. The number of hydrogen-bond acceptors (Lipinski definition) is 7. The summed E-state index contributed by atoms with van der Waals surface area (Å²) in [6.45, 7) is -0.243. The van der Waals surface area contributed by atoms with E-state index in [0.29, 0.717) is 16.8 Å². The van der Waals surface area contributed by atoms with Gasteiger partial charge in [0.15, 0.2) is 0 Å².